The van der Waals surface area contributed by atoms with Crippen molar-refractivity contribution < 1.29 is 14.3 Å². The molecule has 0 spiro atoms. The molecule has 0 N–H and O–H groups in total. The maximum absolute atomic E-state index is 12.2. The van der Waals surface area contributed by atoms with Gasteiger partial charge in [-0.05, 0) is 32.9 Å². The van der Waals surface area contributed by atoms with E-state index < -0.39 is 0 Å². The van der Waals surface area contributed by atoms with Crippen molar-refractivity contribution in [3.63, 3.8) is 0 Å². The molecule has 2 rings (SSSR count). The van der Waals surface area contributed by atoms with E-state index in [1.807, 2.05) is 0 Å². The number of amides is 1. The van der Waals surface area contributed by atoms with Crippen molar-refractivity contribution in [2.45, 2.75) is 31.6 Å². The summed E-state index contributed by atoms with van der Waals surface area (Å²) in [7, 11) is 1.71. The predicted molar refractivity (Wildman–Crippen MR) is 74.3 cm³/mol. The number of hydrogen-bond donors (Lipinski definition) is 0. The molecular formula is C13H20N2O3S. The van der Waals surface area contributed by atoms with Crippen molar-refractivity contribution in [2.75, 3.05) is 26.7 Å². The first-order valence-electron chi connectivity index (χ1n) is 6.70. The number of likely N-dealkylation sites (tertiary alicyclic amines) is 1. The van der Waals surface area contributed by atoms with Gasteiger partial charge in [-0.1, -0.05) is 18.2 Å². The quantitative estimate of drug-likeness (QED) is 0.579. The Labute approximate surface area is 117 Å². The van der Waals surface area contributed by atoms with E-state index in [2.05, 4.69) is 4.90 Å². The molecule has 0 aromatic carbocycles. The predicted octanol–water partition coefficient (Wildman–Crippen LogP) is 1.41. The average Bonchev–Trinajstić information content (AvgIpc) is 2.68. The second-order valence-corrected chi connectivity index (χ2v) is 5.80. The van der Waals surface area contributed by atoms with Crippen molar-refractivity contribution in [3.8, 4) is 0 Å². The van der Waals surface area contributed by atoms with Gasteiger partial charge in [-0.15, -0.1) is 0 Å². The number of carbonyl (C=O) groups is 2. The molecule has 0 unspecified atom stereocenters. The third-order valence-electron chi connectivity index (χ3n) is 3.36. The summed E-state index contributed by atoms with van der Waals surface area (Å²) in [6.45, 7) is 4.04. The summed E-state index contributed by atoms with van der Waals surface area (Å²) in [6.07, 6.45) is 4.94. The molecule has 0 aliphatic carbocycles. The van der Waals surface area contributed by atoms with E-state index in [4.69, 9.17) is 4.74 Å². The molecule has 2 aliphatic rings. The van der Waals surface area contributed by atoms with Gasteiger partial charge in [-0.3, -0.25) is 9.69 Å². The van der Waals surface area contributed by atoms with Crippen LogP contribution in [0.2, 0.25) is 0 Å². The Balaban J connectivity index is 2.05. The molecule has 1 atom stereocenters. The van der Waals surface area contributed by atoms with Crippen molar-refractivity contribution in [2.24, 2.45) is 0 Å². The van der Waals surface area contributed by atoms with Gasteiger partial charge in [0.1, 0.15) is 5.37 Å². The molecule has 106 valence electrons. The second kappa shape index (κ2) is 6.43. The summed E-state index contributed by atoms with van der Waals surface area (Å²) in [4.78, 5) is 27.5. The molecule has 0 bridgehead atoms. The lowest BCUT2D eigenvalue weighted by atomic mass is 10.1. The van der Waals surface area contributed by atoms with E-state index in [0.717, 1.165) is 25.9 Å². The van der Waals surface area contributed by atoms with Gasteiger partial charge in [0.25, 0.3) is 5.91 Å². The largest absolute Gasteiger partial charge is 0.463 e. The van der Waals surface area contributed by atoms with E-state index >= 15 is 0 Å². The van der Waals surface area contributed by atoms with Crippen molar-refractivity contribution >= 4 is 23.6 Å². The average molecular weight is 284 g/mol. The van der Waals surface area contributed by atoms with Crippen LogP contribution in [0.25, 0.3) is 0 Å². The minimum atomic E-state index is -0.385. The Kier molecular flexibility index (Phi) is 4.87. The van der Waals surface area contributed by atoms with Crippen LogP contribution < -0.4 is 0 Å². The minimum absolute atomic E-state index is 0.0578. The molecule has 2 aliphatic heterocycles. The number of ether oxygens (including phenoxy) is 1. The van der Waals surface area contributed by atoms with Crippen LogP contribution in [0.4, 0.5) is 0 Å². The number of rotatable bonds is 3. The van der Waals surface area contributed by atoms with Crippen LogP contribution in [0.3, 0.4) is 0 Å². The number of thioether (sulfide) groups is 1. The molecule has 6 heteroatoms. The first-order chi connectivity index (χ1) is 9.13. The zero-order valence-corrected chi connectivity index (χ0v) is 12.2. The molecule has 5 nitrogen and oxygen atoms in total. The number of piperidine rings is 1. The van der Waals surface area contributed by atoms with E-state index in [1.165, 1.54) is 24.3 Å². The summed E-state index contributed by atoms with van der Waals surface area (Å²) in [5.74, 6) is -0.327. The van der Waals surface area contributed by atoms with Crippen LogP contribution in [0, 0.1) is 0 Å². The van der Waals surface area contributed by atoms with Gasteiger partial charge in [0, 0.05) is 7.05 Å². The number of hydrogen-bond acceptors (Lipinski definition) is 5. The third-order valence-corrected chi connectivity index (χ3v) is 4.71. The molecular weight excluding hydrogens is 264 g/mol. The number of nitrogens with zero attached hydrogens (tertiary/aromatic N) is 2. The molecule has 0 saturated carbocycles. The standard InChI is InChI=1S/C13H20N2O3S/c1-3-18-11(16)9-10-14(2)12(17)13(19-10)15-7-5-4-6-8-15/h9,13H,3-8H2,1-2H3/b10-9-/t13-/m1/s1. The number of carbonyl (C=O) groups excluding carboxylic acids is 2. The van der Waals surface area contributed by atoms with Crippen LogP contribution >= 0.6 is 11.8 Å². The first kappa shape index (κ1) is 14.4. The van der Waals surface area contributed by atoms with Gasteiger partial charge in [0.05, 0.1) is 17.7 Å². The fraction of sp³-hybridized carbons (Fsp3) is 0.692. The van der Waals surface area contributed by atoms with Gasteiger partial charge >= 0.3 is 5.97 Å². The topological polar surface area (TPSA) is 49.9 Å². The van der Waals surface area contributed by atoms with Crippen LogP contribution in [-0.2, 0) is 14.3 Å². The van der Waals surface area contributed by atoms with Crippen LogP contribution in [-0.4, -0.2) is 53.8 Å². The summed E-state index contributed by atoms with van der Waals surface area (Å²) >= 11 is 1.45. The Morgan fingerprint density at radius 1 is 1.42 bits per heavy atom. The summed E-state index contributed by atoms with van der Waals surface area (Å²) in [5.41, 5.74) is 0. The van der Waals surface area contributed by atoms with Gasteiger partial charge in [-0.2, -0.15) is 0 Å². The van der Waals surface area contributed by atoms with E-state index in [-0.39, 0.29) is 17.3 Å². The van der Waals surface area contributed by atoms with Gasteiger partial charge < -0.3 is 9.64 Å². The molecule has 0 aromatic rings. The highest BCUT2D eigenvalue weighted by Gasteiger charge is 2.39. The Morgan fingerprint density at radius 2 is 2.11 bits per heavy atom. The number of likely N-dealkylation sites (N-methyl/N-ethyl adjacent to an activating group) is 1. The minimum Gasteiger partial charge on any atom is -0.463 e. The van der Waals surface area contributed by atoms with Gasteiger partial charge in [-0.25, -0.2) is 4.79 Å². The summed E-state index contributed by atoms with van der Waals surface area (Å²) in [6, 6.07) is 0. The van der Waals surface area contributed by atoms with Crippen molar-refractivity contribution in [3.05, 3.63) is 11.1 Å². The fourth-order valence-corrected chi connectivity index (χ4v) is 3.58. The monoisotopic (exact) mass is 284 g/mol. The van der Waals surface area contributed by atoms with Crippen LogP contribution in [0.5, 0.6) is 0 Å². The summed E-state index contributed by atoms with van der Waals surface area (Å²) in [5, 5.41) is 0.505. The zero-order valence-electron chi connectivity index (χ0n) is 11.4. The molecule has 2 fully saturated rings. The lowest BCUT2D eigenvalue weighted by molar-refractivity contribution is -0.137. The smallest absolute Gasteiger partial charge is 0.333 e. The summed E-state index contributed by atoms with van der Waals surface area (Å²) < 4.78 is 4.89. The second-order valence-electron chi connectivity index (χ2n) is 4.70. The SMILES string of the molecule is CCOC(=O)/C=C1\S[C@@H](N2CCCCC2)C(=O)N1C. The Bertz CT molecular complexity index is 391. The molecule has 1 amide bonds. The third kappa shape index (κ3) is 3.30. The lowest BCUT2D eigenvalue weighted by Crippen LogP contribution is -2.42. The molecule has 0 radical (unpaired) electrons. The maximum Gasteiger partial charge on any atom is 0.333 e. The normalized spacial score (nSPS) is 27.1. The highest BCUT2D eigenvalue weighted by Crippen LogP contribution is 2.36. The first-order valence-corrected chi connectivity index (χ1v) is 7.58. The van der Waals surface area contributed by atoms with Crippen molar-refractivity contribution in [1.82, 2.24) is 9.80 Å². The van der Waals surface area contributed by atoms with E-state index in [1.54, 1.807) is 18.9 Å². The number of esters is 1. The highest BCUT2D eigenvalue weighted by atomic mass is 32.2. The fourth-order valence-electron chi connectivity index (χ4n) is 2.32. The zero-order chi connectivity index (χ0) is 13.8. The van der Waals surface area contributed by atoms with E-state index in [9.17, 15) is 9.59 Å². The van der Waals surface area contributed by atoms with Crippen LogP contribution in [0.15, 0.2) is 11.1 Å². The Hall–Kier alpha value is -1.01. The van der Waals surface area contributed by atoms with E-state index in [0.29, 0.717) is 11.6 Å². The van der Waals surface area contributed by atoms with Gasteiger partial charge in [0.2, 0.25) is 0 Å². The van der Waals surface area contributed by atoms with Gasteiger partial charge in [0.15, 0.2) is 0 Å². The lowest BCUT2D eigenvalue weighted by Gasteiger charge is -2.29. The highest BCUT2D eigenvalue weighted by molar-refractivity contribution is 8.04. The van der Waals surface area contributed by atoms with Crippen LogP contribution in [0.1, 0.15) is 26.2 Å². The molecule has 19 heavy (non-hydrogen) atoms. The molecule has 2 saturated heterocycles. The maximum atomic E-state index is 12.2. The molecule has 0 aromatic heterocycles. The molecule has 2 heterocycles. The Morgan fingerprint density at radius 3 is 2.74 bits per heavy atom. The van der Waals surface area contributed by atoms with Crippen molar-refractivity contribution in [1.29, 1.82) is 0 Å².